The summed E-state index contributed by atoms with van der Waals surface area (Å²) < 4.78 is 0. The van der Waals surface area contributed by atoms with Gasteiger partial charge in [0.1, 0.15) is 0 Å². The monoisotopic (exact) mass is 303 g/mol. The number of rotatable bonds is 5. The van der Waals surface area contributed by atoms with Crippen molar-refractivity contribution in [2.75, 3.05) is 33.7 Å². The van der Waals surface area contributed by atoms with Crippen LogP contribution >= 0.6 is 0 Å². The fourth-order valence-electron chi connectivity index (χ4n) is 3.79. The van der Waals surface area contributed by atoms with Crippen LogP contribution in [0.3, 0.4) is 0 Å². The fraction of sp³-hybridized carbons (Fsp3) is 0.667. The predicted octanol–water partition coefficient (Wildman–Crippen LogP) is 1.42. The number of fused-ring (bicyclic) bond motifs is 1. The highest BCUT2D eigenvalue weighted by Gasteiger charge is 2.23. The molecule has 1 fully saturated rings. The molecule has 0 radical (unpaired) electrons. The number of hydrogen-bond acceptors (Lipinski definition) is 4. The van der Waals surface area contributed by atoms with E-state index in [1.165, 1.54) is 16.7 Å². The highest BCUT2D eigenvalue weighted by Crippen LogP contribution is 2.23. The molecule has 0 amide bonds. The van der Waals surface area contributed by atoms with Crippen LogP contribution < -0.4 is 5.32 Å². The van der Waals surface area contributed by atoms with Crippen LogP contribution in [0.5, 0.6) is 0 Å². The Balaban J connectivity index is 1.53. The predicted molar refractivity (Wildman–Crippen MR) is 89.5 cm³/mol. The van der Waals surface area contributed by atoms with Gasteiger partial charge in [-0.15, -0.1) is 0 Å². The molecule has 4 heteroatoms. The standard InChI is InChI=1S/C18H29N3O/c1-20(13-18(22)15-5-7-19-8-6-15)10-14-3-4-16-11-21(2)12-17(16)9-14/h3-4,9,15,18-19,22H,5-8,10-13H2,1-2H3. The third kappa shape index (κ3) is 3.87. The number of likely N-dealkylation sites (N-methyl/N-ethyl adjacent to an activating group) is 1. The van der Waals surface area contributed by atoms with Crippen molar-refractivity contribution in [2.45, 2.75) is 38.6 Å². The van der Waals surface area contributed by atoms with Crippen LogP contribution in [0.2, 0.25) is 0 Å². The Morgan fingerprint density at radius 2 is 2.00 bits per heavy atom. The number of aliphatic hydroxyl groups is 1. The van der Waals surface area contributed by atoms with Crippen molar-refractivity contribution in [3.05, 3.63) is 34.9 Å². The van der Waals surface area contributed by atoms with Crippen LogP contribution in [-0.4, -0.2) is 54.7 Å². The number of nitrogens with zero attached hydrogens (tertiary/aromatic N) is 2. The minimum absolute atomic E-state index is 0.201. The third-order valence-corrected chi connectivity index (χ3v) is 5.03. The van der Waals surface area contributed by atoms with Gasteiger partial charge in [0.25, 0.3) is 0 Å². The molecule has 0 aromatic heterocycles. The number of benzene rings is 1. The molecule has 1 saturated heterocycles. The van der Waals surface area contributed by atoms with Crippen molar-refractivity contribution in [3.63, 3.8) is 0 Å². The summed E-state index contributed by atoms with van der Waals surface area (Å²) in [6, 6.07) is 6.85. The molecule has 2 aliphatic heterocycles. The molecule has 22 heavy (non-hydrogen) atoms. The quantitative estimate of drug-likeness (QED) is 0.863. The first-order valence-electron chi connectivity index (χ1n) is 8.48. The van der Waals surface area contributed by atoms with E-state index in [4.69, 9.17) is 0 Å². The topological polar surface area (TPSA) is 38.7 Å². The highest BCUT2D eigenvalue weighted by molar-refractivity contribution is 5.34. The van der Waals surface area contributed by atoms with E-state index in [9.17, 15) is 5.11 Å². The van der Waals surface area contributed by atoms with E-state index < -0.39 is 0 Å². The van der Waals surface area contributed by atoms with Crippen molar-refractivity contribution in [1.82, 2.24) is 15.1 Å². The van der Waals surface area contributed by atoms with Crippen LogP contribution in [-0.2, 0) is 19.6 Å². The van der Waals surface area contributed by atoms with Crippen molar-refractivity contribution < 1.29 is 5.11 Å². The van der Waals surface area contributed by atoms with E-state index in [1.807, 2.05) is 0 Å². The van der Waals surface area contributed by atoms with Crippen LogP contribution in [0, 0.1) is 5.92 Å². The summed E-state index contributed by atoms with van der Waals surface area (Å²) in [5.74, 6) is 0.456. The van der Waals surface area contributed by atoms with Crippen LogP contribution in [0.1, 0.15) is 29.5 Å². The van der Waals surface area contributed by atoms with Gasteiger partial charge in [-0.3, -0.25) is 9.80 Å². The average molecular weight is 303 g/mol. The molecule has 1 aromatic carbocycles. The molecule has 122 valence electrons. The van der Waals surface area contributed by atoms with Gasteiger partial charge < -0.3 is 10.4 Å². The first-order chi connectivity index (χ1) is 10.6. The largest absolute Gasteiger partial charge is 0.392 e. The Hall–Kier alpha value is -0.940. The van der Waals surface area contributed by atoms with E-state index in [-0.39, 0.29) is 6.10 Å². The van der Waals surface area contributed by atoms with Crippen LogP contribution in [0.25, 0.3) is 0 Å². The lowest BCUT2D eigenvalue weighted by atomic mass is 9.92. The Kier molecular flexibility index (Phi) is 5.14. The first kappa shape index (κ1) is 15.9. The van der Waals surface area contributed by atoms with Crippen molar-refractivity contribution in [1.29, 1.82) is 0 Å². The molecule has 1 atom stereocenters. The fourth-order valence-corrected chi connectivity index (χ4v) is 3.79. The Bertz CT molecular complexity index is 499. The van der Waals surface area contributed by atoms with Crippen molar-refractivity contribution >= 4 is 0 Å². The molecule has 0 spiro atoms. The Labute approximate surface area is 134 Å². The van der Waals surface area contributed by atoms with Gasteiger partial charge in [-0.2, -0.15) is 0 Å². The normalized spacial score (nSPS) is 21.3. The number of aliphatic hydroxyl groups excluding tert-OH is 1. The molecule has 1 unspecified atom stereocenters. The second-order valence-corrected chi connectivity index (χ2v) is 7.13. The maximum absolute atomic E-state index is 10.4. The number of piperidine rings is 1. The number of hydrogen-bond donors (Lipinski definition) is 2. The second-order valence-electron chi connectivity index (χ2n) is 7.13. The van der Waals surface area contributed by atoms with Crippen molar-refractivity contribution in [2.24, 2.45) is 5.92 Å². The van der Waals surface area contributed by atoms with Gasteiger partial charge in [-0.1, -0.05) is 18.2 Å². The molecule has 0 bridgehead atoms. The zero-order valence-corrected chi connectivity index (χ0v) is 13.9. The smallest absolute Gasteiger partial charge is 0.0696 e. The molecular weight excluding hydrogens is 274 g/mol. The van der Waals surface area contributed by atoms with E-state index in [2.05, 4.69) is 47.4 Å². The van der Waals surface area contributed by atoms with Gasteiger partial charge in [-0.25, -0.2) is 0 Å². The zero-order valence-electron chi connectivity index (χ0n) is 13.9. The lowest BCUT2D eigenvalue weighted by Crippen LogP contribution is -2.39. The summed E-state index contributed by atoms with van der Waals surface area (Å²) in [7, 11) is 4.28. The van der Waals surface area contributed by atoms with E-state index in [1.54, 1.807) is 0 Å². The zero-order chi connectivity index (χ0) is 15.5. The molecule has 3 rings (SSSR count). The van der Waals surface area contributed by atoms with Crippen LogP contribution in [0.15, 0.2) is 18.2 Å². The molecule has 2 aliphatic rings. The Morgan fingerprint density at radius 1 is 1.27 bits per heavy atom. The summed E-state index contributed by atoms with van der Waals surface area (Å²) in [6.07, 6.45) is 1.99. The van der Waals surface area contributed by atoms with Crippen LogP contribution in [0.4, 0.5) is 0 Å². The Morgan fingerprint density at radius 3 is 2.77 bits per heavy atom. The summed E-state index contributed by atoms with van der Waals surface area (Å²) in [5, 5.41) is 13.8. The average Bonchev–Trinajstić information content (AvgIpc) is 2.87. The molecule has 2 N–H and O–H groups in total. The summed E-state index contributed by atoms with van der Waals surface area (Å²) in [4.78, 5) is 4.60. The van der Waals surface area contributed by atoms with E-state index in [0.717, 1.165) is 52.1 Å². The van der Waals surface area contributed by atoms with Gasteiger partial charge in [0.05, 0.1) is 6.10 Å². The molecule has 0 aliphatic carbocycles. The molecule has 4 nitrogen and oxygen atoms in total. The van der Waals surface area contributed by atoms with E-state index >= 15 is 0 Å². The van der Waals surface area contributed by atoms with Gasteiger partial charge in [0.15, 0.2) is 0 Å². The molecule has 1 aromatic rings. The first-order valence-corrected chi connectivity index (χ1v) is 8.48. The minimum atomic E-state index is -0.201. The van der Waals surface area contributed by atoms with Crippen molar-refractivity contribution in [3.8, 4) is 0 Å². The number of nitrogens with one attached hydrogen (secondary N) is 1. The van der Waals surface area contributed by atoms with Gasteiger partial charge in [0.2, 0.25) is 0 Å². The molecule has 2 heterocycles. The molecule has 0 saturated carbocycles. The summed E-state index contributed by atoms with van der Waals surface area (Å²) >= 11 is 0. The summed E-state index contributed by atoms with van der Waals surface area (Å²) in [5.41, 5.74) is 4.28. The maximum Gasteiger partial charge on any atom is 0.0696 e. The molecular formula is C18H29N3O. The van der Waals surface area contributed by atoms with Gasteiger partial charge >= 0.3 is 0 Å². The highest BCUT2D eigenvalue weighted by atomic mass is 16.3. The van der Waals surface area contributed by atoms with E-state index in [0.29, 0.717) is 5.92 Å². The lowest BCUT2D eigenvalue weighted by Gasteiger charge is -2.30. The second kappa shape index (κ2) is 7.09. The minimum Gasteiger partial charge on any atom is -0.392 e. The lowest BCUT2D eigenvalue weighted by molar-refractivity contribution is 0.0562. The maximum atomic E-state index is 10.4. The SMILES string of the molecule is CN1Cc2ccc(CN(C)CC(O)C3CCNCC3)cc2C1. The third-order valence-electron chi connectivity index (χ3n) is 5.03. The summed E-state index contributed by atoms with van der Waals surface area (Å²) in [6.45, 7) is 5.90. The van der Waals surface area contributed by atoms with Gasteiger partial charge in [-0.05, 0) is 62.6 Å². The van der Waals surface area contributed by atoms with Gasteiger partial charge in [0, 0.05) is 26.2 Å².